The Morgan fingerprint density at radius 1 is 1.35 bits per heavy atom. The van der Waals surface area contributed by atoms with Crippen molar-refractivity contribution in [2.45, 2.75) is 26.3 Å². The highest BCUT2D eigenvalue weighted by Gasteiger charge is 2.19. The van der Waals surface area contributed by atoms with Crippen LogP contribution >= 0.6 is 22.9 Å². The number of rotatable bonds is 5. The van der Waals surface area contributed by atoms with Gasteiger partial charge in [-0.15, -0.1) is 11.3 Å². The average molecular weight is 316 g/mol. The summed E-state index contributed by atoms with van der Waals surface area (Å²) in [6, 6.07) is 3.43. The second-order valence-corrected chi connectivity index (χ2v) is 5.94. The number of hydrogen-bond donors (Lipinski definition) is 1. The Morgan fingerprint density at radius 2 is 2.10 bits per heavy atom. The molecule has 0 amide bonds. The van der Waals surface area contributed by atoms with Crippen LogP contribution in [0.25, 0.3) is 0 Å². The molecule has 0 spiro atoms. The summed E-state index contributed by atoms with van der Waals surface area (Å²) in [5, 5.41) is 5.97. The van der Waals surface area contributed by atoms with Crippen LogP contribution in [-0.4, -0.2) is 6.54 Å². The molecule has 108 valence electrons. The summed E-state index contributed by atoms with van der Waals surface area (Å²) in [4.78, 5) is 0.967. The molecule has 1 heterocycles. The van der Waals surface area contributed by atoms with E-state index >= 15 is 0 Å². The van der Waals surface area contributed by atoms with Crippen LogP contribution in [0.2, 0.25) is 5.02 Å². The number of nitrogens with one attached hydrogen (secondary N) is 1. The molecule has 0 aliphatic rings. The molecule has 0 fully saturated rings. The second kappa shape index (κ2) is 6.66. The van der Waals surface area contributed by atoms with Crippen molar-refractivity contribution in [2.24, 2.45) is 0 Å². The lowest BCUT2D eigenvalue weighted by Gasteiger charge is -2.18. The van der Waals surface area contributed by atoms with Gasteiger partial charge >= 0.3 is 0 Å². The molecule has 2 rings (SSSR count). The Kier molecular flexibility index (Phi) is 5.13. The van der Waals surface area contributed by atoms with Gasteiger partial charge in [0, 0.05) is 10.9 Å². The Balaban J connectivity index is 2.30. The maximum atomic E-state index is 13.8. The first-order chi connectivity index (χ1) is 9.52. The van der Waals surface area contributed by atoms with Crippen LogP contribution < -0.4 is 5.32 Å². The maximum Gasteiger partial charge on any atom is 0.126 e. The van der Waals surface area contributed by atoms with E-state index in [-0.39, 0.29) is 6.04 Å². The zero-order valence-corrected chi connectivity index (χ0v) is 12.9. The van der Waals surface area contributed by atoms with E-state index in [2.05, 4.69) is 5.32 Å². The predicted molar refractivity (Wildman–Crippen MR) is 80.5 cm³/mol. The van der Waals surface area contributed by atoms with E-state index in [4.69, 9.17) is 11.6 Å². The molecular weight excluding hydrogens is 300 g/mol. The van der Waals surface area contributed by atoms with Gasteiger partial charge in [-0.3, -0.25) is 0 Å². The van der Waals surface area contributed by atoms with Crippen LogP contribution in [0.15, 0.2) is 23.6 Å². The molecule has 0 bridgehead atoms. The summed E-state index contributed by atoms with van der Waals surface area (Å²) < 4.78 is 27.0. The molecule has 0 saturated heterocycles. The summed E-state index contributed by atoms with van der Waals surface area (Å²) >= 11 is 7.82. The minimum absolute atomic E-state index is 0.109. The Hall–Kier alpha value is -0.970. The fraction of sp³-hybridized carbons (Fsp3) is 0.333. The third-order valence-electron chi connectivity index (χ3n) is 3.12. The Morgan fingerprint density at radius 3 is 2.70 bits per heavy atom. The van der Waals surface area contributed by atoms with Crippen LogP contribution in [-0.2, 0) is 6.42 Å². The third-order valence-corrected chi connectivity index (χ3v) is 4.95. The van der Waals surface area contributed by atoms with Crippen molar-refractivity contribution in [3.05, 3.63) is 56.2 Å². The number of aryl methyl sites for hydroxylation is 1. The van der Waals surface area contributed by atoms with Crippen molar-refractivity contribution in [1.29, 1.82) is 0 Å². The van der Waals surface area contributed by atoms with Gasteiger partial charge in [-0.1, -0.05) is 18.5 Å². The van der Waals surface area contributed by atoms with E-state index in [0.717, 1.165) is 29.1 Å². The van der Waals surface area contributed by atoms with Gasteiger partial charge in [0.15, 0.2) is 0 Å². The van der Waals surface area contributed by atoms with E-state index < -0.39 is 11.6 Å². The van der Waals surface area contributed by atoms with Crippen molar-refractivity contribution in [1.82, 2.24) is 5.32 Å². The molecule has 1 aromatic heterocycles. The van der Waals surface area contributed by atoms with Gasteiger partial charge in [0.2, 0.25) is 0 Å². The fourth-order valence-corrected chi connectivity index (χ4v) is 3.51. The standard InChI is InChI=1S/C15H16ClF2NS/c1-3-19-13(15-14(16)9(2)8-20-15)7-10-6-11(17)4-5-12(10)18/h4-6,8,13,19H,3,7H2,1-2H3. The highest BCUT2D eigenvalue weighted by Crippen LogP contribution is 2.34. The summed E-state index contributed by atoms with van der Waals surface area (Å²) in [6.45, 7) is 4.65. The molecule has 1 aromatic carbocycles. The zero-order valence-electron chi connectivity index (χ0n) is 11.3. The van der Waals surface area contributed by atoms with E-state index in [9.17, 15) is 8.78 Å². The fourth-order valence-electron chi connectivity index (χ4n) is 2.11. The smallest absolute Gasteiger partial charge is 0.126 e. The first kappa shape index (κ1) is 15.4. The summed E-state index contributed by atoms with van der Waals surface area (Å²) in [5.74, 6) is -0.816. The summed E-state index contributed by atoms with van der Waals surface area (Å²) in [6.07, 6.45) is 0.372. The zero-order chi connectivity index (χ0) is 14.7. The Bertz CT molecular complexity index is 598. The molecule has 0 aliphatic carbocycles. The summed E-state index contributed by atoms with van der Waals surface area (Å²) in [7, 11) is 0. The Labute approximate surface area is 126 Å². The molecule has 0 radical (unpaired) electrons. The number of hydrogen-bond acceptors (Lipinski definition) is 2. The minimum Gasteiger partial charge on any atom is -0.309 e. The third kappa shape index (κ3) is 3.37. The SMILES string of the molecule is CCNC(Cc1cc(F)ccc1F)c1scc(C)c1Cl. The van der Waals surface area contributed by atoms with Gasteiger partial charge in [0.05, 0.1) is 5.02 Å². The molecule has 5 heteroatoms. The molecule has 0 saturated carbocycles. The molecule has 1 unspecified atom stereocenters. The van der Waals surface area contributed by atoms with Crippen LogP contribution in [0.4, 0.5) is 8.78 Å². The maximum absolute atomic E-state index is 13.8. The lowest BCUT2D eigenvalue weighted by atomic mass is 10.0. The van der Waals surface area contributed by atoms with Gasteiger partial charge in [-0.25, -0.2) is 8.78 Å². The average Bonchev–Trinajstić information content (AvgIpc) is 2.74. The van der Waals surface area contributed by atoms with E-state index in [1.807, 2.05) is 19.2 Å². The van der Waals surface area contributed by atoms with Gasteiger partial charge in [0.25, 0.3) is 0 Å². The molecule has 2 aromatic rings. The first-order valence-corrected chi connectivity index (χ1v) is 7.69. The number of likely N-dealkylation sites (N-methyl/N-ethyl adjacent to an activating group) is 1. The van der Waals surface area contributed by atoms with Crippen molar-refractivity contribution in [3.8, 4) is 0 Å². The summed E-state index contributed by atoms with van der Waals surface area (Å²) in [5.41, 5.74) is 1.37. The highest BCUT2D eigenvalue weighted by molar-refractivity contribution is 7.10. The van der Waals surface area contributed by atoms with Crippen LogP contribution in [0.3, 0.4) is 0 Å². The minimum atomic E-state index is -0.426. The van der Waals surface area contributed by atoms with Crippen molar-refractivity contribution < 1.29 is 8.78 Å². The van der Waals surface area contributed by atoms with Crippen LogP contribution in [0.5, 0.6) is 0 Å². The van der Waals surface area contributed by atoms with Gasteiger partial charge in [0.1, 0.15) is 11.6 Å². The molecule has 1 nitrogen and oxygen atoms in total. The molecule has 20 heavy (non-hydrogen) atoms. The molecule has 1 N–H and O–H groups in total. The first-order valence-electron chi connectivity index (χ1n) is 6.43. The normalized spacial score (nSPS) is 12.7. The monoisotopic (exact) mass is 315 g/mol. The predicted octanol–water partition coefficient (Wildman–Crippen LogP) is 4.88. The van der Waals surface area contributed by atoms with Gasteiger partial charge in [-0.2, -0.15) is 0 Å². The lowest BCUT2D eigenvalue weighted by molar-refractivity contribution is 0.527. The quantitative estimate of drug-likeness (QED) is 0.829. The topological polar surface area (TPSA) is 12.0 Å². The second-order valence-electron chi connectivity index (χ2n) is 4.65. The molecular formula is C15H16ClF2NS. The van der Waals surface area contributed by atoms with Crippen molar-refractivity contribution in [2.75, 3.05) is 6.54 Å². The highest BCUT2D eigenvalue weighted by atomic mass is 35.5. The van der Waals surface area contributed by atoms with E-state index in [1.165, 1.54) is 6.07 Å². The number of halogens is 3. The van der Waals surface area contributed by atoms with Crippen molar-refractivity contribution >= 4 is 22.9 Å². The number of benzene rings is 1. The van der Waals surface area contributed by atoms with E-state index in [1.54, 1.807) is 11.3 Å². The van der Waals surface area contributed by atoms with Crippen LogP contribution in [0, 0.1) is 18.6 Å². The lowest BCUT2D eigenvalue weighted by Crippen LogP contribution is -2.22. The van der Waals surface area contributed by atoms with Crippen LogP contribution in [0.1, 0.15) is 29.0 Å². The largest absolute Gasteiger partial charge is 0.309 e. The van der Waals surface area contributed by atoms with Gasteiger partial charge in [-0.05, 0) is 54.6 Å². The van der Waals surface area contributed by atoms with Crippen molar-refractivity contribution in [3.63, 3.8) is 0 Å². The molecule has 1 atom stereocenters. The molecule has 0 aliphatic heterocycles. The van der Waals surface area contributed by atoms with E-state index in [0.29, 0.717) is 17.0 Å². The van der Waals surface area contributed by atoms with Gasteiger partial charge < -0.3 is 5.32 Å². The number of thiophene rings is 1.